The van der Waals surface area contributed by atoms with Crippen molar-refractivity contribution in [1.29, 1.82) is 0 Å². The lowest BCUT2D eigenvalue weighted by Gasteiger charge is -2.16. The van der Waals surface area contributed by atoms with Crippen LogP contribution in [0.4, 0.5) is 0 Å². The summed E-state index contributed by atoms with van der Waals surface area (Å²) < 4.78 is 6.58. The van der Waals surface area contributed by atoms with Crippen LogP contribution in [0.15, 0.2) is 18.2 Å². The maximum atomic E-state index is 5.32. The van der Waals surface area contributed by atoms with Gasteiger partial charge in [-0.25, -0.2) is 0 Å². The molecule has 0 spiro atoms. The Bertz CT molecular complexity index is 334. The summed E-state index contributed by atoms with van der Waals surface area (Å²) >= 11 is 2.38. The number of hydrogen-bond acceptors (Lipinski definition) is 2. The number of likely N-dealkylation sites (tertiary alicyclic amines) is 1. The van der Waals surface area contributed by atoms with Crippen molar-refractivity contribution in [3.63, 3.8) is 0 Å². The molecule has 1 saturated heterocycles. The summed E-state index contributed by atoms with van der Waals surface area (Å²) in [6.07, 6.45) is 2.70. The molecule has 1 aliphatic heterocycles. The van der Waals surface area contributed by atoms with Crippen LogP contribution in [0.1, 0.15) is 18.4 Å². The fraction of sp³-hybridized carbons (Fsp3) is 0.500. The standard InChI is InChI=1S/C12H16INO/c1-15-11-6-4-5-10(12(11)13)9-14-7-2-3-8-14/h4-6H,2-3,7-9H2,1H3. The molecule has 82 valence electrons. The van der Waals surface area contributed by atoms with Gasteiger partial charge in [-0.05, 0) is 60.2 Å². The zero-order valence-electron chi connectivity index (χ0n) is 9.00. The van der Waals surface area contributed by atoms with E-state index < -0.39 is 0 Å². The third-order valence-electron chi connectivity index (χ3n) is 2.86. The average Bonchev–Trinajstić information content (AvgIpc) is 2.74. The third kappa shape index (κ3) is 2.64. The second-order valence-electron chi connectivity index (χ2n) is 3.92. The molecule has 3 heteroatoms. The van der Waals surface area contributed by atoms with Crippen molar-refractivity contribution >= 4 is 22.6 Å². The molecule has 1 aromatic carbocycles. The topological polar surface area (TPSA) is 12.5 Å². The van der Waals surface area contributed by atoms with Gasteiger partial charge in [0.05, 0.1) is 10.7 Å². The fourth-order valence-corrected chi connectivity index (χ4v) is 2.77. The Morgan fingerprint density at radius 2 is 2.07 bits per heavy atom. The van der Waals surface area contributed by atoms with Crippen LogP contribution in [0.2, 0.25) is 0 Å². The Morgan fingerprint density at radius 3 is 2.73 bits per heavy atom. The van der Waals surface area contributed by atoms with E-state index in [-0.39, 0.29) is 0 Å². The number of nitrogens with zero attached hydrogens (tertiary/aromatic N) is 1. The molecule has 0 aliphatic carbocycles. The van der Waals surface area contributed by atoms with Gasteiger partial charge in [0.25, 0.3) is 0 Å². The highest BCUT2D eigenvalue weighted by molar-refractivity contribution is 14.1. The van der Waals surface area contributed by atoms with Crippen molar-refractivity contribution in [3.05, 3.63) is 27.3 Å². The summed E-state index contributed by atoms with van der Waals surface area (Å²) in [6, 6.07) is 6.30. The molecule has 0 atom stereocenters. The number of rotatable bonds is 3. The van der Waals surface area contributed by atoms with Crippen LogP contribution >= 0.6 is 22.6 Å². The number of benzene rings is 1. The number of methoxy groups -OCH3 is 1. The summed E-state index contributed by atoms with van der Waals surface area (Å²) in [6.45, 7) is 3.55. The van der Waals surface area contributed by atoms with Crippen molar-refractivity contribution in [2.45, 2.75) is 19.4 Å². The van der Waals surface area contributed by atoms with E-state index in [1.165, 1.54) is 35.1 Å². The predicted molar refractivity (Wildman–Crippen MR) is 70.2 cm³/mol. The van der Waals surface area contributed by atoms with Gasteiger partial charge in [0.15, 0.2) is 0 Å². The second kappa shape index (κ2) is 5.16. The maximum Gasteiger partial charge on any atom is 0.132 e. The van der Waals surface area contributed by atoms with Crippen molar-refractivity contribution in [2.75, 3.05) is 20.2 Å². The Labute approximate surface area is 105 Å². The molecule has 1 fully saturated rings. The molecular weight excluding hydrogens is 301 g/mol. The molecule has 0 bridgehead atoms. The van der Waals surface area contributed by atoms with Crippen LogP contribution < -0.4 is 4.74 Å². The monoisotopic (exact) mass is 317 g/mol. The lowest BCUT2D eigenvalue weighted by molar-refractivity contribution is 0.329. The number of hydrogen-bond donors (Lipinski definition) is 0. The lowest BCUT2D eigenvalue weighted by atomic mass is 10.2. The van der Waals surface area contributed by atoms with Gasteiger partial charge in [0, 0.05) is 6.54 Å². The van der Waals surface area contributed by atoms with Crippen molar-refractivity contribution in [1.82, 2.24) is 4.90 Å². The summed E-state index contributed by atoms with van der Waals surface area (Å²) in [5.41, 5.74) is 1.39. The van der Waals surface area contributed by atoms with E-state index in [2.05, 4.69) is 39.6 Å². The molecule has 0 N–H and O–H groups in total. The molecule has 0 unspecified atom stereocenters. The summed E-state index contributed by atoms with van der Waals surface area (Å²) in [7, 11) is 1.73. The quantitative estimate of drug-likeness (QED) is 0.795. The smallest absolute Gasteiger partial charge is 0.132 e. The highest BCUT2D eigenvalue weighted by Gasteiger charge is 2.14. The fourth-order valence-electron chi connectivity index (χ4n) is 2.02. The van der Waals surface area contributed by atoms with Crippen LogP contribution in [-0.4, -0.2) is 25.1 Å². The van der Waals surface area contributed by atoms with Crippen molar-refractivity contribution < 1.29 is 4.74 Å². The van der Waals surface area contributed by atoms with E-state index in [1.54, 1.807) is 7.11 Å². The molecule has 2 nitrogen and oxygen atoms in total. The third-order valence-corrected chi connectivity index (χ3v) is 4.08. The van der Waals surface area contributed by atoms with E-state index in [1.807, 2.05) is 6.07 Å². The molecule has 0 radical (unpaired) electrons. The Morgan fingerprint density at radius 1 is 1.33 bits per heavy atom. The molecule has 0 aromatic heterocycles. The number of ether oxygens (including phenoxy) is 1. The van der Waals surface area contributed by atoms with Crippen LogP contribution in [-0.2, 0) is 6.54 Å². The minimum absolute atomic E-state index is 0.993. The molecule has 1 aliphatic rings. The number of halogens is 1. The zero-order chi connectivity index (χ0) is 10.7. The van der Waals surface area contributed by atoms with Crippen molar-refractivity contribution in [3.8, 4) is 5.75 Å². The molecule has 1 aromatic rings. The van der Waals surface area contributed by atoms with Gasteiger partial charge in [-0.15, -0.1) is 0 Å². The minimum atomic E-state index is 0.993. The van der Waals surface area contributed by atoms with Crippen LogP contribution in [0.5, 0.6) is 5.75 Å². The van der Waals surface area contributed by atoms with Crippen LogP contribution in [0, 0.1) is 3.57 Å². The molecule has 0 amide bonds. The summed E-state index contributed by atoms with van der Waals surface area (Å²) in [5.74, 6) is 0.993. The van der Waals surface area contributed by atoms with Crippen molar-refractivity contribution in [2.24, 2.45) is 0 Å². The van der Waals surface area contributed by atoms with Crippen LogP contribution in [0.25, 0.3) is 0 Å². The van der Waals surface area contributed by atoms with Gasteiger partial charge in [-0.3, -0.25) is 4.90 Å². The minimum Gasteiger partial charge on any atom is -0.496 e. The van der Waals surface area contributed by atoms with Gasteiger partial charge >= 0.3 is 0 Å². The van der Waals surface area contributed by atoms with E-state index in [0.29, 0.717) is 0 Å². The van der Waals surface area contributed by atoms with Gasteiger partial charge in [-0.2, -0.15) is 0 Å². The first-order valence-electron chi connectivity index (χ1n) is 5.35. The molecule has 2 rings (SSSR count). The predicted octanol–water partition coefficient (Wildman–Crippen LogP) is 2.90. The summed E-state index contributed by atoms with van der Waals surface area (Å²) in [5, 5.41) is 0. The summed E-state index contributed by atoms with van der Waals surface area (Å²) in [4.78, 5) is 2.51. The molecule has 0 saturated carbocycles. The van der Waals surface area contributed by atoms with E-state index in [4.69, 9.17) is 4.74 Å². The highest BCUT2D eigenvalue weighted by atomic mass is 127. The zero-order valence-corrected chi connectivity index (χ0v) is 11.2. The van der Waals surface area contributed by atoms with Gasteiger partial charge in [0.1, 0.15) is 5.75 Å². The Balaban J connectivity index is 2.13. The van der Waals surface area contributed by atoms with Gasteiger partial charge < -0.3 is 4.74 Å². The first kappa shape index (κ1) is 11.2. The van der Waals surface area contributed by atoms with Crippen LogP contribution in [0.3, 0.4) is 0 Å². The first-order chi connectivity index (χ1) is 7.31. The Hall–Kier alpha value is -0.290. The van der Waals surface area contributed by atoms with E-state index in [9.17, 15) is 0 Å². The SMILES string of the molecule is COc1cccc(CN2CCCC2)c1I. The largest absolute Gasteiger partial charge is 0.496 e. The van der Waals surface area contributed by atoms with E-state index >= 15 is 0 Å². The molecule has 1 heterocycles. The Kier molecular flexibility index (Phi) is 3.86. The second-order valence-corrected chi connectivity index (χ2v) is 5.00. The maximum absolute atomic E-state index is 5.32. The molecular formula is C12H16INO. The normalized spacial score (nSPS) is 16.9. The van der Waals surface area contributed by atoms with Gasteiger partial charge in [0.2, 0.25) is 0 Å². The molecule has 15 heavy (non-hydrogen) atoms. The first-order valence-corrected chi connectivity index (χ1v) is 6.43. The van der Waals surface area contributed by atoms with E-state index in [0.717, 1.165) is 12.3 Å². The lowest BCUT2D eigenvalue weighted by Crippen LogP contribution is -2.19. The van der Waals surface area contributed by atoms with Gasteiger partial charge in [-0.1, -0.05) is 12.1 Å². The highest BCUT2D eigenvalue weighted by Crippen LogP contribution is 2.25. The average molecular weight is 317 g/mol.